The third kappa shape index (κ3) is 1.31. The van der Waals surface area contributed by atoms with Crippen molar-refractivity contribution in [3.8, 4) is 0 Å². The Labute approximate surface area is 64.6 Å². The Morgan fingerprint density at radius 1 is 1.82 bits per heavy atom. The van der Waals surface area contributed by atoms with E-state index in [1.807, 2.05) is 6.92 Å². The minimum atomic E-state index is -0.461. The van der Waals surface area contributed by atoms with Crippen molar-refractivity contribution in [1.82, 2.24) is 10.2 Å². The monoisotopic (exact) mass is 154 g/mol. The number of carbonyl (C=O) groups is 1. The SMILES string of the molecule is C=C1NC(=O)N=C(N)N1CC. The molecule has 1 rings (SSSR count). The second kappa shape index (κ2) is 2.61. The van der Waals surface area contributed by atoms with Gasteiger partial charge in [0.2, 0.25) is 5.96 Å². The van der Waals surface area contributed by atoms with E-state index in [-0.39, 0.29) is 5.96 Å². The van der Waals surface area contributed by atoms with Gasteiger partial charge in [-0.15, -0.1) is 0 Å². The molecule has 1 aliphatic rings. The maximum Gasteiger partial charge on any atom is 0.349 e. The van der Waals surface area contributed by atoms with E-state index >= 15 is 0 Å². The number of amides is 2. The molecular formula is C6H10N4O. The summed E-state index contributed by atoms with van der Waals surface area (Å²) in [6.45, 7) is 6.14. The van der Waals surface area contributed by atoms with E-state index in [2.05, 4.69) is 16.9 Å². The standard InChI is InChI=1S/C6H10N4O/c1-3-10-4(2)8-6(11)9-5(10)7/h2-3H2,1H3,(H3,7,8,9,11). The molecule has 0 aromatic carbocycles. The van der Waals surface area contributed by atoms with Crippen molar-refractivity contribution in [2.45, 2.75) is 6.92 Å². The summed E-state index contributed by atoms with van der Waals surface area (Å²) in [5, 5.41) is 2.44. The molecule has 0 aromatic rings. The highest BCUT2D eigenvalue weighted by Crippen LogP contribution is 2.02. The van der Waals surface area contributed by atoms with Gasteiger partial charge in [-0.25, -0.2) is 4.79 Å². The summed E-state index contributed by atoms with van der Waals surface area (Å²) in [6, 6.07) is -0.461. The number of nitrogens with two attached hydrogens (primary N) is 1. The van der Waals surface area contributed by atoms with Gasteiger partial charge in [-0.05, 0) is 6.92 Å². The van der Waals surface area contributed by atoms with E-state index < -0.39 is 6.03 Å². The molecule has 0 bridgehead atoms. The summed E-state index contributed by atoms with van der Waals surface area (Å²) in [6.07, 6.45) is 0. The second-order valence-electron chi connectivity index (χ2n) is 2.09. The summed E-state index contributed by atoms with van der Waals surface area (Å²) in [7, 11) is 0. The quantitative estimate of drug-likeness (QED) is 0.550. The zero-order valence-corrected chi connectivity index (χ0v) is 6.29. The lowest BCUT2D eigenvalue weighted by molar-refractivity contribution is 0.246. The van der Waals surface area contributed by atoms with Crippen LogP contribution in [-0.2, 0) is 0 Å². The minimum Gasteiger partial charge on any atom is -0.369 e. The Kier molecular flexibility index (Phi) is 1.80. The van der Waals surface area contributed by atoms with Gasteiger partial charge in [0.05, 0.1) is 0 Å². The van der Waals surface area contributed by atoms with Gasteiger partial charge < -0.3 is 5.73 Å². The van der Waals surface area contributed by atoms with Gasteiger partial charge in [0.1, 0.15) is 5.82 Å². The molecule has 5 nitrogen and oxygen atoms in total. The lowest BCUT2D eigenvalue weighted by Crippen LogP contribution is -2.46. The molecule has 0 aromatic heterocycles. The fourth-order valence-electron chi connectivity index (χ4n) is 0.874. The molecule has 0 spiro atoms. The van der Waals surface area contributed by atoms with E-state index in [9.17, 15) is 4.79 Å². The first kappa shape index (κ1) is 7.59. The number of hydrogen-bond acceptors (Lipinski definition) is 3. The Hall–Kier alpha value is -1.52. The molecule has 5 heteroatoms. The second-order valence-corrected chi connectivity index (χ2v) is 2.09. The zero-order valence-electron chi connectivity index (χ0n) is 6.29. The molecule has 0 fully saturated rings. The van der Waals surface area contributed by atoms with Gasteiger partial charge in [-0.2, -0.15) is 4.99 Å². The van der Waals surface area contributed by atoms with Crippen LogP contribution in [0.3, 0.4) is 0 Å². The van der Waals surface area contributed by atoms with Gasteiger partial charge in [0.15, 0.2) is 0 Å². The number of aliphatic imine (C=N–C) groups is 1. The Morgan fingerprint density at radius 2 is 2.45 bits per heavy atom. The summed E-state index contributed by atoms with van der Waals surface area (Å²) < 4.78 is 0. The Balaban J connectivity index is 2.88. The van der Waals surface area contributed by atoms with Gasteiger partial charge in [-0.3, -0.25) is 10.2 Å². The molecule has 0 atom stereocenters. The van der Waals surface area contributed by atoms with Gasteiger partial charge >= 0.3 is 6.03 Å². The van der Waals surface area contributed by atoms with Crippen LogP contribution in [0.2, 0.25) is 0 Å². The fraction of sp³-hybridized carbons (Fsp3) is 0.333. The van der Waals surface area contributed by atoms with E-state index in [1.165, 1.54) is 0 Å². The van der Waals surface area contributed by atoms with Crippen molar-refractivity contribution >= 4 is 12.0 Å². The largest absolute Gasteiger partial charge is 0.369 e. The maximum atomic E-state index is 10.7. The van der Waals surface area contributed by atoms with E-state index in [0.29, 0.717) is 12.4 Å². The summed E-state index contributed by atoms with van der Waals surface area (Å²) >= 11 is 0. The smallest absolute Gasteiger partial charge is 0.349 e. The molecule has 0 radical (unpaired) electrons. The molecule has 1 heterocycles. The van der Waals surface area contributed by atoms with Crippen LogP contribution in [0.15, 0.2) is 17.4 Å². The average molecular weight is 154 g/mol. The zero-order chi connectivity index (χ0) is 8.43. The number of urea groups is 1. The first-order chi connectivity index (χ1) is 5.15. The van der Waals surface area contributed by atoms with Crippen LogP contribution < -0.4 is 11.1 Å². The predicted molar refractivity (Wildman–Crippen MR) is 41.7 cm³/mol. The number of guanidine groups is 1. The molecule has 1 aliphatic heterocycles. The number of nitrogens with zero attached hydrogens (tertiary/aromatic N) is 2. The average Bonchev–Trinajstić information content (AvgIpc) is 1.85. The number of hydrogen-bond donors (Lipinski definition) is 2. The van der Waals surface area contributed by atoms with Gasteiger partial charge in [0, 0.05) is 6.54 Å². The van der Waals surface area contributed by atoms with E-state index in [0.717, 1.165) is 0 Å². The molecular weight excluding hydrogens is 144 g/mol. The topological polar surface area (TPSA) is 70.7 Å². The van der Waals surface area contributed by atoms with Crippen LogP contribution in [-0.4, -0.2) is 23.4 Å². The summed E-state index contributed by atoms with van der Waals surface area (Å²) in [5.41, 5.74) is 5.42. The summed E-state index contributed by atoms with van der Waals surface area (Å²) in [4.78, 5) is 15.8. The Bertz CT molecular complexity index is 233. The van der Waals surface area contributed by atoms with E-state index in [1.54, 1.807) is 4.90 Å². The third-order valence-corrected chi connectivity index (χ3v) is 1.39. The highest BCUT2D eigenvalue weighted by atomic mass is 16.2. The van der Waals surface area contributed by atoms with Crippen molar-refractivity contribution in [2.75, 3.05) is 6.54 Å². The van der Waals surface area contributed by atoms with Crippen molar-refractivity contribution < 1.29 is 4.79 Å². The minimum absolute atomic E-state index is 0.196. The molecule has 2 amide bonds. The maximum absolute atomic E-state index is 10.7. The highest BCUT2D eigenvalue weighted by molar-refractivity contribution is 5.95. The first-order valence-corrected chi connectivity index (χ1v) is 3.26. The van der Waals surface area contributed by atoms with Crippen LogP contribution in [0.25, 0.3) is 0 Å². The first-order valence-electron chi connectivity index (χ1n) is 3.26. The highest BCUT2D eigenvalue weighted by Gasteiger charge is 2.17. The van der Waals surface area contributed by atoms with Crippen molar-refractivity contribution in [2.24, 2.45) is 10.7 Å². The van der Waals surface area contributed by atoms with Gasteiger partial charge in [-0.1, -0.05) is 6.58 Å². The van der Waals surface area contributed by atoms with Crippen LogP contribution in [0.4, 0.5) is 4.79 Å². The van der Waals surface area contributed by atoms with Crippen molar-refractivity contribution in [3.05, 3.63) is 12.4 Å². The van der Waals surface area contributed by atoms with Crippen LogP contribution in [0.5, 0.6) is 0 Å². The lowest BCUT2D eigenvalue weighted by atomic mass is 10.5. The Morgan fingerprint density at radius 3 is 2.91 bits per heavy atom. The number of carbonyl (C=O) groups excluding carboxylic acids is 1. The van der Waals surface area contributed by atoms with Crippen molar-refractivity contribution in [3.63, 3.8) is 0 Å². The van der Waals surface area contributed by atoms with Crippen LogP contribution in [0.1, 0.15) is 6.92 Å². The van der Waals surface area contributed by atoms with Crippen LogP contribution >= 0.6 is 0 Å². The predicted octanol–water partition coefficient (Wildman–Crippen LogP) is -0.183. The molecule has 0 unspecified atom stereocenters. The number of nitrogens with one attached hydrogen (secondary N) is 1. The molecule has 0 saturated heterocycles. The molecule has 11 heavy (non-hydrogen) atoms. The van der Waals surface area contributed by atoms with Crippen molar-refractivity contribution in [1.29, 1.82) is 0 Å². The molecule has 0 saturated carbocycles. The molecule has 60 valence electrons. The lowest BCUT2D eigenvalue weighted by Gasteiger charge is -2.26. The molecule has 3 N–H and O–H groups in total. The number of rotatable bonds is 1. The third-order valence-electron chi connectivity index (χ3n) is 1.39. The van der Waals surface area contributed by atoms with Gasteiger partial charge in [0.25, 0.3) is 0 Å². The van der Waals surface area contributed by atoms with Crippen LogP contribution in [0, 0.1) is 0 Å². The fourth-order valence-corrected chi connectivity index (χ4v) is 0.874. The summed E-state index contributed by atoms with van der Waals surface area (Å²) in [5.74, 6) is 0.672. The van der Waals surface area contributed by atoms with E-state index in [4.69, 9.17) is 5.73 Å². The molecule has 0 aliphatic carbocycles. The normalized spacial score (nSPS) is 17.9.